The number of hydrogen-bond donors (Lipinski definition) is 1. The Bertz CT molecular complexity index is 299. The number of nitrogens with one attached hydrogen (secondary N) is 1. The second-order valence-electron chi connectivity index (χ2n) is 3.01. The fourth-order valence-corrected chi connectivity index (χ4v) is 1.40. The summed E-state index contributed by atoms with van der Waals surface area (Å²) in [6.07, 6.45) is 9.61. The van der Waals surface area contributed by atoms with E-state index < -0.39 is 0 Å². The van der Waals surface area contributed by atoms with Gasteiger partial charge in [-0.1, -0.05) is 23.8 Å². The van der Waals surface area contributed by atoms with Gasteiger partial charge in [-0.2, -0.15) is 0 Å². The number of aromatic nitrogens is 2. The zero-order valence-corrected chi connectivity index (χ0v) is 7.83. The molecule has 68 valence electrons. The molecule has 1 aliphatic rings. The molecule has 0 bridgehead atoms. The molecular formula is C9H10ClN3. The van der Waals surface area contributed by atoms with Gasteiger partial charge in [0.25, 0.3) is 0 Å². The van der Waals surface area contributed by atoms with E-state index in [2.05, 4.69) is 27.4 Å². The Kier molecular flexibility index (Phi) is 2.45. The summed E-state index contributed by atoms with van der Waals surface area (Å²) in [6.45, 7) is 0. The number of halogens is 1. The topological polar surface area (TPSA) is 37.8 Å². The van der Waals surface area contributed by atoms with E-state index in [0.29, 0.717) is 17.0 Å². The number of hydrogen-bond acceptors (Lipinski definition) is 3. The quantitative estimate of drug-likeness (QED) is 0.736. The fourth-order valence-electron chi connectivity index (χ4n) is 1.30. The molecule has 3 nitrogen and oxygen atoms in total. The van der Waals surface area contributed by atoms with Crippen LogP contribution in [0.3, 0.4) is 0 Å². The van der Waals surface area contributed by atoms with Gasteiger partial charge in [-0.25, -0.2) is 9.97 Å². The van der Waals surface area contributed by atoms with Crippen molar-refractivity contribution < 1.29 is 0 Å². The van der Waals surface area contributed by atoms with Crippen LogP contribution in [-0.4, -0.2) is 16.0 Å². The second-order valence-corrected chi connectivity index (χ2v) is 3.45. The SMILES string of the molecule is Clc1cnc(NC2CC=CC2)nc1. The van der Waals surface area contributed by atoms with Gasteiger partial charge in [-0.3, -0.25) is 0 Å². The first-order valence-electron chi connectivity index (χ1n) is 4.23. The standard InChI is InChI=1S/C9H10ClN3/c10-7-5-11-9(12-6-7)13-8-3-1-2-4-8/h1-2,5-6,8H,3-4H2,(H,11,12,13). The molecule has 2 rings (SSSR count). The van der Waals surface area contributed by atoms with Crippen molar-refractivity contribution in [2.24, 2.45) is 0 Å². The molecule has 1 heterocycles. The summed E-state index contributed by atoms with van der Waals surface area (Å²) in [5.74, 6) is 0.651. The van der Waals surface area contributed by atoms with Crippen molar-refractivity contribution in [3.05, 3.63) is 29.6 Å². The Morgan fingerprint density at radius 3 is 2.46 bits per heavy atom. The first-order chi connectivity index (χ1) is 6.34. The third-order valence-electron chi connectivity index (χ3n) is 1.96. The van der Waals surface area contributed by atoms with Crippen LogP contribution < -0.4 is 5.32 Å². The van der Waals surface area contributed by atoms with Crippen LogP contribution in [0.1, 0.15) is 12.8 Å². The lowest BCUT2D eigenvalue weighted by Gasteiger charge is -2.10. The molecule has 0 spiro atoms. The second kappa shape index (κ2) is 3.75. The Morgan fingerprint density at radius 1 is 1.23 bits per heavy atom. The van der Waals surface area contributed by atoms with Gasteiger partial charge >= 0.3 is 0 Å². The van der Waals surface area contributed by atoms with E-state index in [1.165, 1.54) is 0 Å². The van der Waals surface area contributed by atoms with Crippen LogP contribution in [0, 0.1) is 0 Å². The van der Waals surface area contributed by atoms with E-state index in [9.17, 15) is 0 Å². The molecule has 13 heavy (non-hydrogen) atoms. The molecule has 0 aliphatic heterocycles. The van der Waals surface area contributed by atoms with Crippen molar-refractivity contribution in [2.75, 3.05) is 5.32 Å². The summed E-state index contributed by atoms with van der Waals surface area (Å²) >= 11 is 5.66. The van der Waals surface area contributed by atoms with Crippen LogP contribution in [0.25, 0.3) is 0 Å². The van der Waals surface area contributed by atoms with Crippen LogP contribution in [-0.2, 0) is 0 Å². The average molecular weight is 196 g/mol. The van der Waals surface area contributed by atoms with E-state index in [1.807, 2.05) is 0 Å². The minimum Gasteiger partial charge on any atom is -0.351 e. The number of rotatable bonds is 2. The number of anilines is 1. The predicted octanol–water partition coefficient (Wildman–Crippen LogP) is 2.26. The lowest BCUT2D eigenvalue weighted by molar-refractivity contribution is 0.773. The van der Waals surface area contributed by atoms with Gasteiger partial charge in [-0.15, -0.1) is 0 Å². The van der Waals surface area contributed by atoms with Gasteiger partial charge in [0.1, 0.15) is 0 Å². The third kappa shape index (κ3) is 2.18. The lowest BCUT2D eigenvalue weighted by atomic mass is 10.2. The maximum Gasteiger partial charge on any atom is 0.222 e. The molecule has 0 fully saturated rings. The molecule has 1 aromatic heterocycles. The van der Waals surface area contributed by atoms with Gasteiger partial charge in [0.05, 0.1) is 17.4 Å². The average Bonchev–Trinajstić information content (AvgIpc) is 2.62. The molecular weight excluding hydrogens is 186 g/mol. The molecule has 0 atom stereocenters. The smallest absolute Gasteiger partial charge is 0.222 e. The normalized spacial score (nSPS) is 16.4. The monoisotopic (exact) mass is 195 g/mol. The van der Waals surface area contributed by atoms with Crippen molar-refractivity contribution in [3.63, 3.8) is 0 Å². The molecule has 1 aliphatic carbocycles. The molecule has 0 amide bonds. The van der Waals surface area contributed by atoms with E-state index in [4.69, 9.17) is 11.6 Å². The Labute approximate surface area is 81.9 Å². The summed E-state index contributed by atoms with van der Waals surface area (Å²) in [5.41, 5.74) is 0. The zero-order valence-electron chi connectivity index (χ0n) is 7.07. The molecule has 0 aromatic carbocycles. The van der Waals surface area contributed by atoms with Crippen molar-refractivity contribution in [2.45, 2.75) is 18.9 Å². The van der Waals surface area contributed by atoms with E-state index in [0.717, 1.165) is 12.8 Å². The van der Waals surface area contributed by atoms with Crippen LogP contribution in [0.4, 0.5) is 5.95 Å². The summed E-state index contributed by atoms with van der Waals surface area (Å²) in [4.78, 5) is 8.12. The minimum atomic E-state index is 0.446. The van der Waals surface area contributed by atoms with Gasteiger partial charge in [0, 0.05) is 6.04 Å². The molecule has 1 aromatic rings. The molecule has 0 saturated heterocycles. The Balaban J connectivity index is 1.97. The van der Waals surface area contributed by atoms with Crippen LogP contribution >= 0.6 is 11.6 Å². The molecule has 4 heteroatoms. The third-order valence-corrected chi connectivity index (χ3v) is 2.16. The van der Waals surface area contributed by atoms with Crippen molar-refractivity contribution in [3.8, 4) is 0 Å². The maximum absolute atomic E-state index is 5.66. The van der Waals surface area contributed by atoms with Crippen molar-refractivity contribution in [1.82, 2.24) is 9.97 Å². The van der Waals surface area contributed by atoms with Gasteiger partial charge in [-0.05, 0) is 12.8 Å². The van der Waals surface area contributed by atoms with Crippen molar-refractivity contribution in [1.29, 1.82) is 0 Å². The van der Waals surface area contributed by atoms with E-state index in [-0.39, 0.29) is 0 Å². The van der Waals surface area contributed by atoms with Gasteiger partial charge < -0.3 is 5.32 Å². The number of nitrogens with zero attached hydrogens (tertiary/aromatic N) is 2. The largest absolute Gasteiger partial charge is 0.351 e. The summed E-state index contributed by atoms with van der Waals surface area (Å²) in [6, 6.07) is 0.446. The summed E-state index contributed by atoms with van der Waals surface area (Å²) in [5, 5.41) is 3.79. The first kappa shape index (κ1) is 8.51. The van der Waals surface area contributed by atoms with Gasteiger partial charge in [0.2, 0.25) is 5.95 Å². The first-order valence-corrected chi connectivity index (χ1v) is 4.61. The molecule has 0 unspecified atom stereocenters. The van der Waals surface area contributed by atoms with Crippen LogP contribution in [0.2, 0.25) is 5.02 Å². The minimum absolute atomic E-state index is 0.446. The van der Waals surface area contributed by atoms with E-state index >= 15 is 0 Å². The maximum atomic E-state index is 5.66. The molecule has 0 radical (unpaired) electrons. The molecule has 0 saturated carbocycles. The highest BCUT2D eigenvalue weighted by atomic mass is 35.5. The molecule has 1 N–H and O–H groups in total. The lowest BCUT2D eigenvalue weighted by Crippen LogP contribution is -2.16. The highest BCUT2D eigenvalue weighted by Crippen LogP contribution is 2.14. The van der Waals surface area contributed by atoms with Gasteiger partial charge in [0.15, 0.2) is 0 Å². The zero-order chi connectivity index (χ0) is 9.10. The van der Waals surface area contributed by atoms with Crippen molar-refractivity contribution >= 4 is 17.5 Å². The highest BCUT2D eigenvalue weighted by Gasteiger charge is 2.10. The van der Waals surface area contributed by atoms with Crippen LogP contribution in [0.15, 0.2) is 24.5 Å². The highest BCUT2D eigenvalue weighted by molar-refractivity contribution is 6.30. The van der Waals surface area contributed by atoms with Crippen LogP contribution in [0.5, 0.6) is 0 Å². The fraction of sp³-hybridized carbons (Fsp3) is 0.333. The summed E-state index contributed by atoms with van der Waals surface area (Å²) in [7, 11) is 0. The Hall–Kier alpha value is -1.09. The summed E-state index contributed by atoms with van der Waals surface area (Å²) < 4.78 is 0. The Morgan fingerprint density at radius 2 is 1.85 bits per heavy atom. The predicted molar refractivity (Wildman–Crippen MR) is 52.8 cm³/mol. The van der Waals surface area contributed by atoms with E-state index in [1.54, 1.807) is 12.4 Å².